The molecule has 1 aromatic heterocycles. The molecule has 0 spiro atoms. The van der Waals surface area contributed by atoms with Gasteiger partial charge in [0.25, 0.3) is 5.91 Å². The van der Waals surface area contributed by atoms with Gasteiger partial charge in [0.15, 0.2) is 5.89 Å². The summed E-state index contributed by atoms with van der Waals surface area (Å²) in [5.41, 5.74) is 3.23. The number of carbonyl (C=O) groups is 1. The number of nitrogens with zero attached hydrogens (tertiary/aromatic N) is 3. The van der Waals surface area contributed by atoms with E-state index in [1.54, 1.807) is 13.8 Å². The van der Waals surface area contributed by atoms with Gasteiger partial charge in [-0.2, -0.15) is 0 Å². The lowest BCUT2D eigenvalue weighted by molar-refractivity contribution is 0.0918. The van der Waals surface area contributed by atoms with Crippen LogP contribution in [0.5, 0.6) is 0 Å². The number of hydrogen-bond donors (Lipinski definition) is 1. The molecule has 0 atom stereocenters. The van der Waals surface area contributed by atoms with Gasteiger partial charge in [-0.25, -0.2) is 4.98 Å². The van der Waals surface area contributed by atoms with Crippen LogP contribution in [0.1, 0.15) is 27.7 Å². The second-order valence-corrected chi connectivity index (χ2v) is 6.57. The number of anilines is 1. The molecule has 0 aliphatic carbocycles. The molecular weight excluding hydrogens is 316 g/mol. The summed E-state index contributed by atoms with van der Waals surface area (Å²) in [4.78, 5) is 21.0. The predicted molar refractivity (Wildman–Crippen MR) is 98.1 cm³/mol. The topological polar surface area (TPSA) is 61.6 Å². The number of benzene rings is 1. The van der Waals surface area contributed by atoms with Crippen LogP contribution >= 0.6 is 0 Å². The van der Waals surface area contributed by atoms with Gasteiger partial charge in [-0.1, -0.05) is 12.1 Å². The van der Waals surface area contributed by atoms with Crippen LogP contribution in [0.25, 0.3) is 0 Å². The van der Waals surface area contributed by atoms with Crippen molar-refractivity contribution in [2.75, 3.05) is 44.2 Å². The number of piperazine rings is 1. The number of nitrogens with one attached hydrogen (secondary N) is 1. The van der Waals surface area contributed by atoms with E-state index >= 15 is 0 Å². The third-order valence-corrected chi connectivity index (χ3v) is 4.56. The van der Waals surface area contributed by atoms with E-state index in [1.165, 1.54) is 11.3 Å². The zero-order chi connectivity index (χ0) is 17.8. The highest BCUT2D eigenvalue weighted by molar-refractivity contribution is 5.92. The average Bonchev–Trinajstić information content (AvgIpc) is 2.94. The van der Waals surface area contributed by atoms with Crippen LogP contribution in [-0.4, -0.2) is 55.1 Å². The molecular formula is C19H26N4O2. The van der Waals surface area contributed by atoms with Crippen LogP contribution in [0.4, 0.5) is 5.69 Å². The molecule has 2 aromatic rings. The van der Waals surface area contributed by atoms with Crippen molar-refractivity contribution in [1.82, 2.24) is 15.2 Å². The molecule has 1 N–H and O–H groups in total. The number of hydrogen-bond acceptors (Lipinski definition) is 5. The number of carbonyl (C=O) groups excluding carboxylic acids is 1. The summed E-state index contributed by atoms with van der Waals surface area (Å²) in [6, 6.07) is 8.64. The van der Waals surface area contributed by atoms with Gasteiger partial charge in [0.05, 0.1) is 5.69 Å². The van der Waals surface area contributed by atoms with E-state index in [1.807, 2.05) is 0 Å². The number of aromatic nitrogens is 1. The summed E-state index contributed by atoms with van der Waals surface area (Å²) in [6.07, 6.45) is 0. The lowest BCUT2D eigenvalue weighted by atomic mass is 10.2. The maximum absolute atomic E-state index is 12.1. The van der Waals surface area contributed by atoms with Gasteiger partial charge in [0, 0.05) is 51.9 Å². The summed E-state index contributed by atoms with van der Waals surface area (Å²) in [5.74, 6) is 0.660. The second-order valence-electron chi connectivity index (χ2n) is 6.57. The predicted octanol–water partition coefficient (Wildman–Crippen LogP) is 2.15. The van der Waals surface area contributed by atoms with Crippen molar-refractivity contribution in [2.45, 2.75) is 20.8 Å². The lowest BCUT2D eigenvalue weighted by Gasteiger charge is -2.36. The van der Waals surface area contributed by atoms with Crippen molar-refractivity contribution in [1.29, 1.82) is 0 Å². The number of amides is 1. The Morgan fingerprint density at radius 3 is 2.60 bits per heavy atom. The van der Waals surface area contributed by atoms with Gasteiger partial charge in [-0.05, 0) is 31.5 Å². The summed E-state index contributed by atoms with van der Waals surface area (Å²) >= 11 is 0. The number of aryl methyl sites for hydroxylation is 3. The maximum Gasteiger partial charge on any atom is 0.289 e. The van der Waals surface area contributed by atoms with Crippen LogP contribution in [0.2, 0.25) is 0 Å². The van der Waals surface area contributed by atoms with Crippen molar-refractivity contribution in [3.05, 3.63) is 47.2 Å². The summed E-state index contributed by atoms with van der Waals surface area (Å²) < 4.78 is 5.35. The van der Waals surface area contributed by atoms with Crippen molar-refractivity contribution in [3.8, 4) is 0 Å². The van der Waals surface area contributed by atoms with E-state index in [2.05, 4.69) is 51.3 Å². The molecule has 25 heavy (non-hydrogen) atoms. The van der Waals surface area contributed by atoms with Crippen LogP contribution < -0.4 is 10.2 Å². The van der Waals surface area contributed by atoms with Gasteiger partial charge >= 0.3 is 0 Å². The molecule has 1 fully saturated rings. The van der Waals surface area contributed by atoms with Crippen molar-refractivity contribution < 1.29 is 9.21 Å². The molecule has 1 aliphatic rings. The normalized spacial score (nSPS) is 15.4. The molecule has 134 valence electrons. The SMILES string of the molecule is Cc1cccc(N2CCN(CCNC(=O)c3oc(C)nc3C)CC2)c1. The molecule has 0 radical (unpaired) electrons. The van der Waals surface area contributed by atoms with Gasteiger partial charge in [0.1, 0.15) is 0 Å². The zero-order valence-corrected chi connectivity index (χ0v) is 15.2. The Bertz CT molecular complexity index is 733. The highest BCUT2D eigenvalue weighted by atomic mass is 16.4. The van der Waals surface area contributed by atoms with Crippen LogP contribution in [-0.2, 0) is 0 Å². The fourth-order valence-corrected chi connectivity index (χ4v) is 3.20. The van der Waals surface area contributed by atoms with Gasteiger partial charge < -0.3 is 14.6 Å². The van der Waals surface area contributed by atoms with Crippen LogP contribution in [0.3, 0.4) is 0 Å². The molecule has 1 saturated heterocycles. The van der Waals surface area contributed by atoms with Gasteiger partial charge in [0.2, 0.25) is 5.76 Å². The first-order valence-electron chi connectivity index (χ1n) is 8.79. The monoisotopic (exact) mass is 342 g/mol. The first kappa shape index (κ1) is 17.5. The standard InChI is InChI=1S/C19H26N4O2/c1-14-5-4-6-17(13-14)23-11-9-22(10-12-23)8-7-20-19(24)18-15(2)21-16(3)25-18/h4-6,13H,7-12H2,1-3H3,(H,20,24). The molecule has 2 heterocycles. The quantitative estimate of drug-likeness (QED) is 0.902. The van der Waals surface area contributed by atoms with E-state index in [0.29, 0.717) is 23.9 Å². The summed E-state index contributed by atoms with van der Waals surface area (Å²) in [6.45, 7) is 11.2. The van der Waals surface area contributed by atoms with Crippen molar-refractivity contribution in [3.63, 3.8) is 0 Å². The second kappa shape index (κ2) is 7.70. The minimum absolute atomic E-state index is 0.184. The Balaban J connectivity index is 1.42. The number of rotatable bonds is 5. The minimum atomic E-state index is -0.184. The fraction of sp³-hybridized carbons (Fsp3) is 0.474. The molecule has 6 nitrogen and oxygen atoms in total. The van der Waals surface area contributed by atoms with Crippen LogP contribution in [0, 0.1) is 20.8 Å². The Labute approximate surface area is 148 Å². The molecule has 0 saturated carbocycles. The Kier molecular flexibility index (Phi) is 5.38. The fourth-order valence-electron chi connectivity index (χ4n) is 3.20. The van der Waals surface area contributed by atoms with E-state index in [9.17, 15) is 4.79 Å². The largest absolute Gasteiger partial charge is 0.436 e. The highest BCUT2D eigenvalue weighted by Crippen LogP contribution is 2.17. The Morgan fingerprint density at radius 1 is 1.20 bits per heavy atom. The van der Waals surface area contributed by atoms with Crippen LogP contribution in [0.15, 0.2) is 28.7 Å². The Morgan fingerprint density at radius 2 is 1.96 bits per heavy atom. The molecule has 6 heteroatoms. The van der Waals surface area contributed by atoms with E-state index in [0.717, 1.165) is 32.7 Å². The molecule has 0 unspecified atom stereocenters. The highest BCUT2D eigenvalue weighted by Gasteiger charge is 2.18. The van der Waals surface area contributed by atoms with E-state index in [-0.39, 0.29) is 5.91 Å². The molecule has 0 bridgehead atoms. The zero-order valence-electron chi connectivity index (χ0n) is 15.2. The molecule has 1 amide bonds. The van der Waals surface area contributed by atoms with Gasteiger partial charge in [-0.15, -0.1) is 0 Å². The summed E-state index contributed by atoms with van der Waals surface area (Å²) in [5, 5.41) is 2.92. The first-order valence-corrected chi connectivity index (χ1v) is 8.79. The lowest BCUT2D eigenvalue weighted by Crippen LogP contribution is -2.48. The molecule has 1 aliphatic heterocycles. The Hall–Kier alpha value is -2.34. The van der Waals surface area contributed by atoms with E-state index in [4.69, 9.17) is 4.42 Å². The first-order chi connectivity index (χ1) is 12.0. The third-order valence-electron chi connectivity index (χ3n) is 4.56. The smallest absolute Gasteiger partial charge is 0.289 e. The number of oxazole rings is 1. The average molecular weight is 342 g/mol. The molecule has 3 rings (SSSR count). The van der Waals surface area contributed by atoms with Gasteiger partial charge in [-0.3, -0.25) is 9.69 Å². The maximum atomic E-state index is 12.1. The third kappa shape index (κ3) is 4.39. The van der Waals surface area contributed by atoms with Crippen molar-refractivity contribution in [2.24, 2.45) is 0 Å². The van der Waals surface area contributed by atoms with E-state index < -0.39 is 0 Å². The summed E-state index contributed by atoms with van der Waals surface area (Å²) in [7, 11) is 0. The molecule has 1 aromatic carbocycles. The van der Waals surface area contributed by atoms with Crippen molar-refractivity contribution >= 4 is 11.6 Å². The minimum Gasteiger partial charge on any atom is -0.436 e.